The highest BCUT2D eigenvalue weighted by molar-refractivity contribution is 7.99. The van der Waals surface area contributed by atoms with Crippen LogP contribution in [0.15, 0.2) is 29.4 Å². The largest absolute Gasteiger partial charge is 0.390 e. The van der Waals surface area contributed by atoms with Gasteiger partial charge in [0.25, 0.3) is 0 Å². The predicted molar refractivity (Wildman–Crippen MR) is 102 cm³/mol. The summed E-state index contributed by atoms with van der Waals surface area (Å²) >= 11 is 7.54. The van der Waals surface area contributed by atoms with Crippen LogP contribution in [0.25, 0.3) is 11.4 Å². The van der Waals surface area contributed by atoms with E-state index < -0.39 is 5.60 Å². The number of unbranched alkanes of at least 4 members (excludes halogenated alkanes) is 3. The van der Waals surface area contributed by atoms with Crippen LogP contribution in [0.2, 0.25) is 5.02 Å². The lowest BCUT2D eigenvalue weighted by Gasteiger charge is -2.16. The van der Waals surface area contributed by atoms with Gasteiger partial charge in [0.2, 0.25) is 0 Å². The van der Waals surface area contributed by atoms with Crippen LogP contribution in [0.3, 0.4) is 0 Å². The number of rotatable bonds is 9. The molecule has 132 valence electrons. The van der Waals surface area contributed by atoms with Gasteiger partial charge in [-0.3, -0.25) is 0 Å². The van der Waals surface area contributed by atoms with Gasteiger partial charge >= 0.3 is 0 Å². The first kappa shape index (κ1) is 19.3. The highest BCUT2D eigenvalue weighted by Crippen LogP contribution is 2.27. The van der Waals surface area contributed by atoms with E-state index in [1.165, 1.54) is 19.3 Å². The molecule has 0 bridgehead atoms. The average molecular weight is 368 g/mol. The van der Waals surface area contributed by atoms with Crippen LogP contribution in [-0.4, -0.2) is 31.2 Å². The van der Waals surface area contributed by atoms with E-state index in [2.05, 4.69) is 21.7 Å². The van der Waals surface area contributed by atoms with Crippen LogP contribution in [0.4, 0.5) is 0 Å². The summed E-state index contributed by atoms with van der Waals surface area (Å²) in [6, 6.07) is 7.69. The Morgan fingerprint density at radius 3 is 2.46 bits per heavy atom. The van der Waals surface area contributed by atoms with E-state index in [0.717, 1.165) is 29.5 Å². The third-order valence-electron chi connectivity index (χ3n) is 3.61. The monoisotopic (exact) mass is 367 g/mol. The van der Waals surface area contributed by atoms with E-state index >= 15 is 0 Å². The maximum atomic E-state index is 9.98. The van der Waals surface area contributed by atoms with Gasteiger partial charge in [0.05, 0.1) is 5.60 Å². The average Bonchev–Trinajstić information content (AvgIpc) is 2.93. The first-order chi connectivity index (χ1) is 11.4. The van der Waals surface area contributed by atoms with E-state index in [-0.39, 0.29) is 0 Å². The Kier molecular flexibility index (Phi) is 7.14. The second-order valence-corrected chi connectivity index (χ2v) is 8.01. The zero-order chi connectivity index (χ0) is 17.6. The minimum absolute atomic E-state index is 0.584. The second kappa shape index (κ2) is 8.88. The van der Waals surface area contributed by atoms with Gasteiger partial charge in [0, 0.05) is 22.9 Å². The van der Waals surface area contributed by atoms with Crippen molar-refractivity contribution in [2.45, 2.75) is 63.8 Å². The minimum Gasteiger partial charge on any atom is -0.390 e. The van der Waals surface area contributed by atoms with Crippen LogP contribution in [-0.2, 0) is 6.54 Å². The van der Waals surface area contributed by atoms with Crippen LogP contribution in [0.1, 0.15) is 46.5 Å². The fourth-order valence-corrected chi connectivity index (χ4v) is 3.39. The maximum absolute atomic E-state index is 9.98. The highest BCUT2D eigenvalue weighted by Gasteiger charge is 2.18. The fourth-order valence-electron chi connectivity index (χ4n) is 2.35. The van der Waals surface area contributed by atoms with Crippen LogP contribution >= 0.6 is 23.4 Å². The van der Waals surface area contributed by atoms with E-state index in [4.69, 9.17) is 11.6 Å². The Labute approximate surface area is 153 Å². The first-order valence-corrected chi connectivity index (χ1v) is 9.81. The lowest BCUT2D eigenvalue weighted by atomic mass is 10.2. The van der Waals surface area contributed by atoms with E-state index in [1.807, 2.05) is 38.1 Å². The molecule has 1 N–H and O–H groups in total. The van der Waals surface area contributed by atoms with Gasteiger partial charge in [-0.1, -0.05) is 49.5 Å². The molecule has 1 aromatic heterocycles. The van der Waals surface area contributed by atoms with Gasteiger partial charge in [0.15, 0.2) is 11.0 Å². The van der Waals surface area contributed by atoms with Gasteiger partial charge in [-0.25, -0.2) is 0 Å². The molecular formula is C18H26ClN3OS. The topological polar surface area (TPSA) is 50.9 Å². The molecular weight excluding hydrogens is 342 g/mol. The molecule has 0 amide bonds. The standard InChI is InChI=1S/C18H26ClN3OS/c1-4-5-6-7-12-22-16(14-8-10-15(19)11-9-14)20-21-17(22)24-13-18(2,3)23/h8-11,23H,4-7,12-13H2,1-3H3. The lowest BCUT2D eigenvalue weighted by Crippen LogP contribution is -2.22. The van der Waals surface area contributed by atoms with E-state index in [1.54, 1.807) is 11.8 Å². The molecule has 0 fully saturated rings. The number of halogens is 1. The minimum atomic E-state index is -0.732. The summed E-state index contributed by atoms with van der Waals surface area (Å²) in [6.07, 6.45) is 4.75. The zero-order valence-electron chi connectivity index (χ0n) is 14.6. The van der Waals surface area contributed by atoms with E-state index in [9.17, 15) is 5.11 Å². The van der Waals surface area contributed by atoms with Gasteiger partial charge in [-0.15, -0.1) is 10.2 Å². The number of nitrogens with zero attached hydrogens (tertiary/aromatic N) is 3. The van der Waals surface area contributed by atoms with Crippen LogP contribution in [0, 0.1) is 0 Å². The Balaban J connectivity index is 2.21. The summed E-state index contributed by atoms with van der Waals surface area (Å²) < 4.78 is 2.16. The Morgan fingerprint density at radius 2 is 1.83 bits per heavy atom. The van der Waals surface area contributed by atoms with Crippen molar-refractivity contribution >= 4 is 23.4 Å². The molecule has 0 radical (unpaired) electrons. The molecule has 0 atom stereocenters. The molecule has 1 aromatic carbocycles. The SMILES string of the molecule is CCCCCCn1c(SCC(C)(C)O)nnc1-c1ccc(Cl)cc1. The number of thioether (sulfide) groups is 1. The van der Waals surface area contributed by atoms with Crippen molar-refractivity contribution < 1.29 is 5.11 Å². The second-order valence-electron chi connectivity index (χ2n) is 6.63. The van der Waals surface area contributed by atoms with Crippen LogP contribution < -0.4 is 0 Å². The van der Waals surface area contributed by atoms with Crippen molar-refractivity contribution in [2.24, 2.45) is 0 Å². The third kappa shape index (κ3) is 5.80. The molecule has 6 heteroatoms. The molecule has 0 aliphatic rings. The summed E-state index contributed by atoms with van der Waals surface area (Å²) in [5.41, 5.74) is 0.280. The fraction of sp³-hybridized carbons (Fsp3) is 0.556. The molecule has 0 aliphatic carbocycles. The highest BCUT2D eigenvalue weighted by atomic mass is 35.5. The Hall–Kier alpha value is -1.04. The summed E-state index contributed by atoms with van der Waals surface area (Å²) in [4.78, 5) is 0. The van der Waals surface area contributed by atoms with Crippen molar-refractivity contribution in [3.8, 4) is 11.4 Å². The van der Waals surface area contributed by atoms with Gasteiger partial charge in [-0.05, 0) is 44.5 Å². The lowest BCUT2D eigenvalue weighted by molar-refractivity contribution is 0.107. The Morgan fingerprint density at radius 1 is 1.12 bits per heavy atom. The number of aromatic nitrogens is 3. The Bertz CT molecular complexity index is 635. The number of aliphatic hydroxyl groups is 1. The van der Waals surface area contributed by atoms with Crippen molar-refractivity contribution in [3.05, 3.63) is 29.3 Å². The molecule has 0 spiro atoms. The molecule has 2 aromatic rings. The van der Waals surface area contributed by atoms with Gasteiger partial charge < -0.3 is 9.67 Å². The molecule has 0 saturated carbocycles. The molecule has 1 heterocycles. The summed E-state index contributed by atoms with van der Waals surface area (Å²) in [7, 11) is 0. The van der Waals surface area contributed by atoms with E-state index in [0.29, 0.717) is 10.8 Å². The van der Waals surface area contributed by atoms with Crippen molar-refractivity contribution in [3.63, 3.8) is 0 Å². The summed E-state index contributed by atoms with van der Waals surface area (Å²) in [5, 5.41) is 20.3. The van der Waals surface area contributed by atoms with Gasteiger partial charge in [-0.2, -0.15) is 0 Å². The molecule has 0 saturated heterocycles. The smallest absolute Gasteiger partial charge is 0.191 e. The maximum Gasteiger partial charge on any atom is 0.191 e. The normalized spacial score (nSPS) is 11.9. The number of benzene rings is 1. The van der Waals surface area contributed by atoms with Crippen molar-refractivity contribution in [2.75, 3.05) is 5.75 Å². The molecule has 0 unspecified atom stereocenters. The molecule has 24 heavy (non-hydrogen) atoms. The summed E-state index contributed by atoms with van der Waals surface area (Å²) in [5.74, 6) is 1.45. The first-order valence-electron chi connectivity index (χ1n) is 8.45. The zero-order valence-corrected chi connectivity index (χ0v) is 16.2. The predicted octanol–water partition coefficient (Wildman–Crippen LogP) is 5.04. The summed E-state index contributed by atoms with van der Waals surface area (Å²) in [6.45, 7) is 6.71. The van der Waals surface area contributed by atoms with Crippen molar-refractivity contribution in [1.29, 1.82) is 0 Å². The number of hydrogen-bond acceptors (Lipinski definition) is 4. The molecule has 0 aliphatic heterocycles. The molecule has 2 rings (SSSR count). The van der Waals surface area contributed by atoms with Gasteiger partial charge in [0.1, 0.15) is 0 Å². The van der Waals surface area contributed by atoms with Crippen LogP contribution in [0.5, 0.6) is 0 Å². The van der Waals surface area contributed by atoms with Crippen molar-refractivity contribution in [1.82, 2.24) is 14.8 Å². The quantitative estimate of drug-likeness (QED) is 0.498. The third-order valence-corrected chi connectivity index (χ3v) is 5.27. The molecule has 4 nitrogen and oxygen atoms in total. The number of hydrogen-bond donors (Lipinski definition) is 1.